The zero-order chi connectivity index (χ0) is 13.3. The summed E-state index contributed by atoms with van der Waals surface area (Å²) >= 11 is 0. The van der Waals surface area contributed by atoms with Crippen LogP contribution in [0.2, 0.25) is 0 Å². The van der Waals surface area contributed by atoms with E-state index in [4.69, 9.17) is 4.74 Å². The Kier molecular flexibility index (Phi) is 3.52. The summed E-state index contributed by atoms with van der Waals surface area (Å²) in [6.45, 7) is 1.93. The van der Waals surface area contributed by atoms with Gasteiger partial charge >= 0.3 is 6.18 Å². The van der Waals surface area contributed by atoms with Crippen LogP contribution in [0.15, 0.2) is 18.2 Å². The van der Waals surface area contributed by atoms with Crippen molar-refractivity contribution in [3.63, 3.8) is 0 Å². The second-order valence-electron chi connectivity index (χ2n) is 4.67. The molecule has 1 heterocycles. The second kappa shape index (κ2) is 4.80. The van der Waals surface area contributed by atoms with Gasteiger partial charge in [-0.25, -0.2) is 0 Å². The SMILES string of the molecule is CC1Cc2cc(C(O)CCC(F)(F)F)ccc2O1. The first-order valence-corrected chi connectivity index (χ1v) is 5.89. The Bertz CT molecular complexity index is 429. The number of alkyl halides is 3. The van der Waals surface area contributed by atoms with Gasteiger partial charge in [0.15, 0.2) is 0 Å². The molecule has 5 heteroatoms. The smallest absolute Gasteiger partial charge is 0.389 e. The molecule has 0 amide bonds. The highest BCUT2D eigenvalue weighted by Gasteiger charge is 2.28. The number of ether oxygens (including phenoxy) is 1. The Morgan fingerprint density at radius 1 is 1.44 bits per heavy atom. The summed E-state index contributed by atoms with van der Waals surface area (Å²) in [7, 11) is 0. The predicted molar refractivity (Wildman–Crippen MR) is 60.5 cm³/mol. The average Bonchev–Trinajstić information content (AvgIpc) is 2.63. The molecule has 2 rings (SSSR count). The molecular weight excluding hydrogens is 245 g/mol. The first-order valence-electron chi connectivity index (χ1n) is 5.89. The van der Waals surface area contributed by atoms with E-state index >= 15 is 0 Å². The van der Waals surface area contributed by atoms with Crippen LogP contribution in [0.3, 0.4) is 0 Å². The van der Waals surface area contributed by atoms with Gasteiger partial charge in [-0.3, -0.25) is 0 Å². The zero-order valence-corrected chi connectivity index (χ0v) is 10.00. The van der Waals surface area contributed by atoms with Crippen LogP contribution in [0, 0.1) is 0 Å². The summed E-state index contributed by atoms with van der Waals surface area (Å²) in [5, 5.41) is 9.74. The molecule has 18 heavy (non-hydrogen) atoms. The minimum absolute atomic E-state index is 0.0857. The number of aliphatic hydroxyl groups is 1. The molecule has 1 aromatic carbocycles. The lowest BCUT2D eigenvalue weighted by Crippen LogP contribution is -2.10. The molecule has 2 atom stereocenters. The predicted octanol–water partition coefficient (Wildman–Crippen LogP) is 3.39. The fourth-order valence-corrected chi connectivity index (χ4v) is 2.12. The monoisotopic (exact) mass is 260 g/mol. The van der Waals surface area contributed by atoms with Crippen molar-refractivity contribution in [3.05, 3.63) is 29.3 Å². The molecule has 100 valence electrons. The average molecular weight is 260 g/mol. The normalized spacial score (nSPS) is 20.4. The zero-order valence-electron chi connectivity index (χ0n) is 10.00. The highest BCUT2D eigenvalue weighted by Crippen LogP contribution is 2.33. The van der Waals surface area contributed by atoms with E-state index in [1.54, 1.807) is 18.2 Å². The Morgan fingerprint density at radius 3 is 2.83 bits per heavy atom. The molecule has 2 unspecified atom stereocenters. The van der Waals surface area contributed by atoms with E-state index in [2.05, 4.69) is 0 Å². The van der Waals surface area contributed by atoms with Crippen LogP contribution in [-0.4, -0.2) is 17.4 Å². The van der Waals surface area contributed by atoms with Gasteiger partial charge in [-0.2, -0.15) is 13.2 Å². The molecular formula is C13H15F3O2. The van der Waals surface area contributed by atoms with Crippen LogP contribution in [-0.2, 0) is 6.42 Å². The Balaban J connectivity index is 2.04. The molecule has 0 radical (unpaired) electrons. The number of aliphatic hydroxyl groups excluding tert-OH is 1. The number of hydrogen-bond donors (Lipinski definition) is 1. The van der Waals surface area contributed by atoms with Crippen molar-refractivity contribution in [2.45, 2.75) is 44.6 Å². The fraction of sp³-hybridized carbons (Fsp3) is 0.538. The van der Waals surface area contributed by atoms with E-state index < -0.39 is 18.7 Å². The van der Waals surface area contributed by atoms with Gasteiger partial charge in [0.05, 0.1) is 6.10 Å². The maximum Gasteiger partial charge on any atom is 0.389 e. The van der Waals surface area contributed by atoms with Gasteiger partial charge in [0, 0.05) is 12.8 Å². The largest absolute Gasteiger partial charge is 0.490 e. The lowest BCUT2D eigenvalue weighted by atomic mass is 10.0. The van der Waals surface area contributed by atoms with E-state index in [-0.39, 0.29) is 12.5 Å². The van der Waals surface area contributed by atoms with Gasteiger partial charge in [-0.1, -0.05) is 6.07 Å². The minimum atomic E-state index is -4.23. The van der Waals surface area contributed by atoms with Gasteiger partial charge in [-0.15, -0.1) is 0 Å². The summed E-state index contributed by atoms with van der Waals surface area (Å²) in [6, 6.07) is 5.07. The molecule has 1 aliphatic rings. The van der Waals surface area contributed by atoms with Crippen LogP contribution in [0.4, 0.5) is 13.2 Å². The topological polar surface area (TPSA) is 29.5 Å². The summed E-state index contributed by atoms with van der Waals surface area (Å²) in [5.41, 5.74) is 1.47. The molecule has 0 saturated carbocycles. The van der Waals surface area contributed by atoms with Crippen LogP contribution in [0.25, 0.3) is 0 Å². The van der Waals surface area contributed by atoms with Crippen molar-refractivity contribution in [2.24, 2.45) is 0 Å². The highest BCUT2D eigenvalue weighted by molar-refractivity contribution is 5.41. The minimum Gasteiger partial charge on any atom is -0.490 e. The van der Waals surface area contributed by atoms with Crippen molar-refractivity contribution in [1.82, 2.24) is 0 Å². The molecule has 2 nitrogen and oxygen atoms in total. The lowest BCUT2D eigenvalue weighted by Gasteiger charge is -2.13. The Labute approximate surface area is 103 Å². The summed E-state index contributed by atoms with van der Waals surface area (Å²) in [5.74, 6) is 0.759. The third kappa shape index (κ3) is 3.16. The third-order valence-corrected chi connectivity index (χ3v) is 3.01. The molecule has 0 aliphatic carbocycles. The highest BCUT2D eigenvalue weighted by atomic mass is 19.4. The maximum atomic E-state index is 12.1. The third-order valence-electron chi connectivity index (χ3n) is 3.01. The Morgan fingerprint density at radius 2 is 2.17 bits per heavy atom. The summed E-state index contributed by atoms with van der Waals surface area (Å²) < 4.78 is 41.7. The number of rotatable bonds is 3. The first kappa shape index (κ1) is 13.2. The van der Waals surface area contributed by atoms with Gasteiger partial charge in [0.2, 0.25) is 0 Å². The van der Waals surface area contributed by atoms with E-state index in [0.29, 0.717) is 5.56 Å². The fourth-order valence-electron chi connectivity index (χ4n) is 2.12. The number of fused-ring (bicyclic) bond motifs is 1. The molecule has 1 aromatic rings. The van der Waals surface area contributed by atoms with Crippen molar-refractivity contribution in [2.75, 3.05) is 0 Å². The van der Waals surface area contributed by atoms with Gasteiger partial charge in [0.1, 0.15) is 11.9 Å². The van der Waals surface area contributed by atoms with Crippen molar-refractivity contribution >= 4 is 0 Å². The molecule has 0 fully saturated rings. The summed E-state index contributed by atoms with van der Waals surface area (Å²) in [4.78, 5) is 0. The number of hydrogen-bond acceptors (Lipinski definition) is 2. The quantitative estimate of drug-likeness (QED) is 0.902. The van der Waals surface area contributed by atoms with Crippen molar-refractivity contribution in [3.8, 4) is 5.75 Å². The number of halogens is 3. The molecule has 0 bridgehead atoms. The van der Waals surface area contributed by atoms with Gasteiger partial charge in [-0.05, 0) is 36.6 Å². The molecule has 1 aliphatic heterocycles. The molecule has 0 aromatic heterocycles. The second-order valence-corrected chi connectivity index (χ2v) is 4.67. The lowest BCUT2D eigenvalue weighted by molar-refractivity contribution is -0.140. The maximum absolute atomic E-state index is 12.1. The van der Waals surface area contributed by atoms with E-state index in [1.807, 2.05) is 6.92 Å². The van der Waals surface area contributed by atoms with E-state index in [0.717, 1.165) is 17.7 Å². The van der Waals surface area contributed by atoms with Crippen LogP contribution < -0.4 is 4.74 Å². The Hall–Kier alpha value is -1.23. The van der Waals surface area contributed by atoms with Crippen LogP contribution >= 0.6 is 0 Å². The number of benzene rings is 1. The van der Waals surface area contributed by atoms with Crippen molar-refractivity contribution in [1.29, 1.82) is 0 Å². The van der Waals surface area contributed by atoms with Gasteiger partial charge < -0.3 is 9.84 Å². The summed E-state index contributed by atoms with van der Waals surface area (Å²) in [6.07, 6.45) is -5.77. The molecule has 0 saturated heterocycles. The standard InChI is InChI=1S/C13H15F3O2/c1-8-6-10-7-9(2-3-12(10)18-8)11(17)4-5-13(14,15)16/h2-3,7-8,11,17H,4-6H2,1H3. The first-order chi connectivity index (χ1) is 8.35. The van der Waals surface area contributed by atoms with Crippen molar-refractivity contribution < 1.29 is 23.0 Å². The molecule has 1 N–H and O–H groups in total. The van der Waals surface area contributed by atoms with Crippen LogP contribution in [0.1, 0.15) is 37.0 Å². The van der Waals surface area contributed by atoms with E-state index in [1.165, 1.54) is 0 Å². The molecule has 0 spiro atoms. The van der Waals surface area contributed by atoms with Gasteiger partial charge in [0.25, 0.3) is 0 Å². The van der Waals surface area contributed by atoms with E-state index in [9.17, 15) is 18.3 Å². The van der Waals surface area contributed by atoms with Crippen LogP contribution in [0.5, 0.6) is 5.75 Å².